The van der Waals surface area contributed by atoms with E-state index in [2.05, 4.69) is 35.3 Å². The van der Waals surface area contributed by atoms with Gasteiger partial charge in [-0.1, -0.05) is 24.3 Å². The van der Waals surface area contributed by atoms with E-state index in [9.17, 15) is 0 Å². The zero-order chi connectivity index (χ0) is 10.3. The number of thiazole rings is 1. The van der Waals surface area contributed by atoms with Crippen LogP contribution in [-0.4, -0.2) is 11.0 Å². The van der Waals surface area contributed by atoms with Crippen LogP contribution in [0.3, 0.4) is 0 Å². The van der Waals surface area contributed by atoms with Crippen molar-refractivity contribution >= 4 is 21.6 Å². The van der Waals surface area contributed by atoms with Gasteiger partial charge in [0.2, 0.25) is 0 Å². The van der Waals surface area contributed by atoms with Gasteiger partial charge in [-0.25, -0.2) is 4.98 Å². The SMILES string of the molecule is NC1C=CC(c2nc3ccccc3s2)C1. The van der Waals surface area contributed by atoms with Crippen LogP contribution >= 0.6 is 11.3 Å². The van der Waals surface area contributed by atoms with Crippen molar-refractivity contribution in [3.8, 4) is 0 Å². The summed E-state index contributed by atoms with van der Waals surface area (Å²) >= 11 is 1.78. The molecule has 15 heavy (non-hydrogen) atoms. The molecule has 76 valence electrons. The third-order valence-electron chi connectivity index (χ3n) is 2.74. The Morgan fingerprint density at radius 1 is 1.27 bits per heavy atom. The topological polar surface area (TPSA) is 38.9 Å². The molecule has 3 heteroatoms. The first-order valence-electron chi connectivity index (χ1n) is 5.12. The predicted molar refractivity (Wildman–Crippen MR) is 64.1 cm³/mol. The lowest BCUT2D eigenvalue weighted by Crippen LogP contribution is -2.14. The van der Waals surface area contributed by atoms with Crippen LogP contribution in [0.2, 0.25) is 0 Å². The van der Waals surface area contributed by atoms with Gasteiger partial charge in [0.25, 0.3) is 0 Å². The first-order valence-corrected chi connectivity index (χ1v) is 5.94. The molecule has 2 nitrogen and oxygen atoms in total. The second-order valence-corrected chi connectivity index (χ2v) is 4.97. The maximum atomic E-state index is 5.85. The molecule has 0 saturated heterocycles. The van der Waals surface area contributed by atoms with Crippen LogP contribution in [-0.2, 0) is 0 Å². The van der Waals surface area contributed by atoms with Gasteiger partial charge in [-0.2, -0.15) is 0 Å². The minimum absolute atomic E-state index is 0.210. The molecule has 3 rings (SSSR count). The zero-order valence-corrected chi connectivity index (χ0v) is 9.08. The van der Waals surface area contributed by atoms with Gasteiger partial charge < -0.3 is 5.73 Å². The summed E-state index contributed by atoms with van der Waals surface area (Å²) < 4.78 is 1.27. The molecule has 0 bridgehead atoms. The molecule has 2 aromatic rings. The lowest BCUT2D eigenvalue weighted by molar-refractivity contribution is 0.708. The number of hydrogen-bond acceptors (Lipinski definition) is 3. The first kappa shape index (κ1) is 9.07. The fourth-order valence-corrected chi connectivity index (χ4v) is 3.02. The Kier molecular flexibility index (Phi) is 2.08. The van der Waals surface area contributed by atoms with Crippen LogP contribution in [0, 0.1) is 0 Å². The van der Waals surface area contributed by atoms with Gasteiger partial charge >= 0.3 is 0 Å². The van der Waals surface area contributed by atoms with Gasteiger partial charge in [0, 0.05) is 12.0 Å². The average molecular weight is 216 g/mol. The maximum Gasteiger partial charge on any atom is 0.101 e. The minimum atomic E-state index is 0.210. The van der Waals surface area contributed by atoms with Crippen LogP contribution < -0.4 is 5.73 Å². The minimum Gasteiger partial charge on any atom is -0.324 e. The summed E-state index contributed by atoms with van der Waals surface area (Å²) in [5, 5.41) is 1.19. The van der Waals surface area contributed by atoms with E-state index in [1.54, 1.807) is 11.3 Å². The molecule has 0 aliphatic heterocycles. The van der Waals surface area contributed by atoms with Crippen LogP contribution in [0.5, 0.6) is 0 Å². The number of para-hydroxylation sites is 1. The molecule has 1 heterocycles. The quantitative estimate of drug-likeness (QED) is 0.744. The monoisotopic (exact) mass is 216 g/mol. The van der Waals surface area contributed by atoms with Gasteiger partial charge in [0.15, 0.2) is 0 Å². The van der Waals surface area contributed by atoms with Crippen molar-refractivity contribution in [3.63, 3.8) is 0 Å². The van der Waals surface area contributed by atoms with Crippen molar-refractivity contribution in [2.45, 2.75) is 18.4 Å². The second kappa shape index (κ2) is 3.43. The van der Waals surface area contributed by atoms with Crippen LogP contribution in [0.15, 0.2) is 36.4 Å². The Morgan fingerprint density at radius 3 is 2.87 bits per heavy atom. The predicted octanol–water partition coefficient (Wildman–Crippen LogP) is 2.67. The van der Waals surface area contributed by atoms with Crippen molar-refractivity contribution in [3.05, 3.63) is 41.4 Å². The largest absolute Gasteiger partial charge is 0.324 e. The Bertz CT molecular complexity index is 482. The van der Waals surface area contributed by atoms with E-state index >= 15 is 0 Å². The van der Waals surface area contributed by atoms with E-state index in [4.69, 9.17) is 5.73 Å². The third-order valence-corrected chi connectivity index (χ3v) is 3.91. The van der Waals surface area contributed by atoms with Crippen molar-refractivity contribution in [2.24, 2.45) is 5.73 Å². The number of nitrogens with two attached hydrogens (primary N) is 1. The van der Waals surface area contributed by atoms with E-state index in [0.29, 0.717) is 5.92 Å². The smallest absolute Gasteiger partial charge is 0.101 e. The van der Waals surface area contributed by atoms with Crippen molar-refractivity contribution in [1.29, 1.82) is 0 Å². The number of allylic oxidation sites excluding steroid dienone is 1. The summed E-state index contributed by atoms with van der Waals surface area (Å²) in [4.78, 5) is 4.64. The number of fused-ring (bicyclic) bond motifs is 1. The van der Waals surface area contributed by atoms with Gasteiger partial charge in [-0.15, -0.1) is 11.3 Å². The summed E-state index contributed by atoms with van der Waals surface area (Å²) in [5.41, 5.74) is 6.95. The lowest BCUT2D eigenvalue weighted by atomic mass is 10.1. The lowest BCUT2D eigenvalue weighted by Gasteiger charge is -2.03. The van der Waals surface area contributed by atoms with E-state index in [-0.39, 0.29) is 6.04 Å². The Balaban J connectivity index is 2.02. The number of benzene rings is 1. The van der Waals surface area contributed by atoms with Gasteiger partial charge in [0.1, 0.15) is 5.01 Å². The van der Waals surface area contributed by atoms with Crippen LogP contribution in [0.4, 0.5) is 0 Å². The summed E-state index contributed by atoms with van der Waals surface area (Å²) in [7, 11) is 0. The highest BCUT2D eigenvalue weighted by Gasteiger charge is 2.20. The fourth-order valence-electron chi connectivity index (χ4n) is 1.96. The molecule has 0 radical (unpaired) electrons. The van der Waals surface area contributed by atoms with Crippen molar-refractivity contribution in [1.82, 2.24) is 4.98 Å². The molecule has 2 N–H and O–H groups in total. The standard InChI is InChI=1S/C12H12N2S/c13-9-6-5-8(7-9)12-14-10-3-1-2-4-11(10)15-12/h1-6,8-9H,7,13H2. The third kappa shape index (κ3) is 1.58. The van der Waals surface area contributed by atoms with Crippen molar-refractivity contribution < 1.29 is 0 Å². The summed E-state index contributed by atoms with van der Waals surface area (Å²) in [5.74, 6) is 0.428. The molecule has 1 aromatic carbocycles. The normalized spacial score (nSPS) is 25.1. The molecular weight excluding hydrogens is 204 g/mol. The van der Waals surface area contributed by atoms with E-state index in [1.807, 2.05) is 6.07 Å². The molecule has 1 aromatic heterocycles. The van der Waals surface area contributed by atoms with E-state index < -0.39 is 0 Å². The van der Waals surface area contributed by atoms with Crippen LogP contribution in [0.25, 0.3) is 10.2 Å². The number of rotatable bonds is 1. The number of aromatic nitrogens is 1. The number of nitrogens with zero attached hydrogens (tertiary/aromatic N) is 1. The zero-order valence-electron chi connectivity index (χ0n) is 8.26. The van der Waals surface area contributed by atoms with E-state index in [0.717, 1.165) is 11.9 Å². The first-order chi connectivity index (χ1) is 7.33. The molecule has 1 aliphatic rings. The van der Waals surface area contributed by atoms with Gasteiger partial charge in [-0.3, -0.25) is 0 Å². The molecule has 2 atom stereocenters. The molecule has 1 aliphatic carbocycles. The Labute approximate surface area is 92.4 Å². The Morgan fingerprint density at radius 2 is 2.13 bits per heavy atom. The van der Waals surface area contributed by atoms with Crippen molar-refractivity contribution in [2.75, 3.05) is 0 Å². The average Bonchev–Trinajstić information content (AvgIpc) is 2.82. The highest BCUT2D eigenvalue weighted by atomic mass is 32.1. The summed E-state index contributed by atoms with van der Waals surface area (Å²) in [6.07, 6.45) is 5.26. The summed E-state index contributed by atoms with van der Waals surface area (Å²) in [6.45, 7) is 0. The molecule has 0 spiro atoms. The fraction of sp³-hybridized carbons (Fsp3) is 0.250. The highest BCUT2D eigenvalue weighted by Crippen LogP contribution is 2.33. The molecular formula is C12H12N2S. The highest BCUT2D eigenvalue weighted by molar-refractivity contribution is 7.18. The molecule has 0 fully saturated rings. The van der Waals surface area contributed by atoms with Crippen LogP contribution in [0.1, 0.15) is 17.3 Å². The van der Waals surface area contributed by atoms with Gasteiger partial charge in [0.05, 0.1) is 10.2 Å². The molecule has 0 saturated carbocycles. The number of hydrogen-bond donors (Lipinski definition) is 1. The van der Waals surface area contributed by atoms with Gasteiger partial charge in [-0.05, 0) is 18.6 Å². The van der Waals surface area contributed by atoms with E-state index in [1.165, 1.54) is 9.71 Å². The molecule has 0 amide bonds. The maximum absolute atomic E-state index is 5.85. The Hall–Kier alpha value is -1.19. The second-order valence-electron chi connectivity index (χ2n) is 3.91. The molecule has 2 unspecified atom stereocenters. The summed E-state index contributed by atoms with van der Waals surface area (Å²) in [6, 6.07) is 8.48.